The van der Waals surface area contributed by atoms with Crippen molar-refractivity contribution in [1.29, 1.82) is 0 Å². The number of nitrogens with one attached hydrogen (secondary N) is 1. The molecule has 0 radical (unpaired) electrons. The largest absolute Gasteiger partial charge is 0.436 e. The number of ether oxygens (including phenoxy) is 1. The smallest absolute Gasteiger partial charge is 0.408 e. The first-order valence-electron chi connectivity index (χ1n) is 5.06. The van der Waals surface area contributed by atoms with Crippen LogP contribution in [0.4, 0.5) is 4.79 Å². The lowest BCUT2D eigenvalue weighted by atomic mass is 9.91. The summed E-state index contributed by atoms with van der Waals surface area (Å²) in [6.45, 7) is 6.55. The molecule has 1 aliphatic heterocycles. The first-order valence-corrected chi connectivity index (χ1v) is 5.06. The molecule has 1 atom stereocenters. The minimum Gasteiger partial charge on any atom is -0.436 e. The molecule has 1 aliphatic rings. The van der Waals surface area contributed by atoms with Gasteiger partial charge in [0.25, 0.3) is 0 Å². The zero-order chi connectivity index (χ0) is 11.1. The van der Waals surface area contributed by atoms with Gasteiger partial charge < -0.3 is 10.1 Å². The van der Waals surface area contributed by atoms with E-state index in [-0.39, 0.29) is 6.09 Å². The number of carbonyl (C=O) groups is 1. The molecule has 3 nitrogen and oxygen atoms in total. The molecule has 0 aliphatic carbocycles. The minimum atomic E-state index is -0.521. The topological polar surface area (TPSA) is 38.3 Å². The normalized spacial score (nSPS) is 24.9. The summed E-state index contributed by atoms with van der Waals surface area (Å²) in [5.41, 5.74) is 2.90. The van der Waals surface area contributed by atoms with Crippen molar-refractivity contribution in [3.05, 3.63) is 34.9 Å². The third-order valence-corrected chi connectivity index (χ3v) is 2.85. The summed E-state index contributed by atoms with van der Waals surface area (Å²) in [5.74, 6) is 0. The number of hydrogen-bond acceptors (Lipinski definition) is 2. The van der Waals surface area contributed by atoms with Crippen molar-refractivity contribution in [3.8, 4) is 0 Å². The van der Waals surface area contributed by atoms with Gasteiger partial charge in [0.15, 0.2) is 5.60 Å². The quantitative estimate of drug-likeness (QED) is 0.763. The standard InChI is InChI=1S/C12H15NO2/c1-8-4-5-9(2)10(6-8)12(3)7-13-11(14)15-12/h4-6H,7H2,1-3H3,(H,13,14). The van der Waals surface area contributed by atoms with Gasteiger partial charge in [-0.3, -0.25) is 0 Å². The van der Waals surface area contributed by atoms with E-state index in [9.17, 15) is 4.79 Å². The second kappa shape index (κ2) is 3.26. The van der Waals surface area contributed by atoms with Crippen LogP contribution in [-0.4, -0.2) is 12.6 Å². The Kier molecular flexibility index (Phi) is 2.18. The minimum absolute atomic E-state index is 0.335. The maximum atomic E-state index is 11.1. The molecule has 1 fully saturated rings. The van der Waals surface area contributed by atoms with Crippen LogP contribution < -0.4 is 5.32 Å². The third-order valence-electron chi connectivity index (χ3n) is 2.85. The van der Waals surface area contributed by atoms with Gasteiger partial charge in [0.05, 0.1) is 6.54 Å². The molecule has 1 aromatic rings. The maximum Gasteiger partial charge on any atom is 0.408 e. The average molecular weight is 205 g/mol. The molecule has 15 heavy (non-hydrogen) atoms. The molecular formula is C12H15NO2. The molecule has 1 aromatic carbocycles. The van der Waals surface area contributed by atoms with E-state index in [1.54, 1.807) is 0 Å². The van der Waals surface area contributed by atoms with E-state index >= 15 is 0 Å². The van der Waals surface area contributed by atoms with Crippen molar-refractivity contribution >= 4 is 6.09 Å². The fraction of sp³-hybridized carbons (Fsp3) is 0.417. The van der Waals surface area contributed by atoms with Crippen molar-refractivity contribution < 1.29 is 9.53 Å². The Bertz CT molecular complexity index is 414. The van der Waals surface area contributed by atoms with E-state index in [2.05, 4.69) is 23.5 Å². The number of amides is 1. The zero-order valence-electron chi connectivity index (χ0n) is 9.26. The number of carbonyl (C=O) groups excluding carboxylic acids is 1. The SMILES string of the molecule is Cc1ccc(C)c(C2(C)CNC(=O)O2)c1. The Morgan fingerprint density at radius 3 is 2.73 bits per heavy atom. The number of rotatable bonds is 1. The summed E-state index contributed by atoms with van der Waals surface area (Å²) in [7, 11) is 0. The van der Waals surface area contributed by atoms with Crippen LogP contribution in [0.3, 0.4) is 0 Å². The van der Waals surface area contributed by atoms with Crippen molar-refractivity contribution in [2.45, 2.75) is 26.4 Å². The number of aryl methyl sites for hydroxylation is 2. The molecule has 1 heterocycles. The molecule has 1 amide bonds. The van der Waals surface area contributed by atoms with Crippen molar-refractivity contribution in [1.82, 2.24) is 5.32 Å². The molecule has 0 saturated carbocycles. The third kappa shape index (κ3) is 1.69. The van der Waals surface area contributed by atoms with E-state index in [0.29, 0.717) is 6.54 Å². The lowest BCUT2D eigenvalue weighted by Crippen LogP contribution is -2.27. The Balaban J connectivity index is 2.44. The van der Waals surface area contributed by atoms with Crippen LogP contribution in [0.1, 0.15) is 23.6 Å². The Morgan fingerprint density at radius 2 is 2.13 bits per heavy atom. The lowest BCUT2D eigenvalue weighted by Gasteiger charge is -2.24. The van der Waals surface area contributed by atoms with Crippen LogP contribution in [-0.2, 0) is 10.3 Å². The molecule has 2 rings (SSSR count). The molecule has 0 bridgehead atoms. The summed E-state index contributed by atoms with van der Waals surface area (Å²) in [6, 6.07) is 6.20. The first-order chi connectivity index (χ1) is 7.01. The van der Waals surface area contributed by atoms with Gasteiger partial charge in [-0.2, -0.15) is 0 Å². The highest BCUT2D eigenvalue weighted by Crippen LogP contribution is 2.31. The predicted octanol–water partition coefficient (Wildman–Crippen LogP) is 2.26. The van der Waals surface area contributed by atoms with Crippen molar-refractivity contribution in [2.75, 3.05) is 6.54 Å². The van der Waals surface area contributed by atoms with Crippen LogP contribution in [0.5, 0.6) is 0 Å². The Hall–Kier alpha value is -1.51. The van der Waals surface area contributed by atoms with Gasteiger partial charge in [-0.15, -0.1) is 0 Å². The summed E-state index contributed by atoms with van der Waals surface area (Å²) < 4.78 is 5.32. The van der Waals surface area contributed by atoms with Crippen molar-refractivity contribution in [3.63, 3.8) is 0 Å². The predicted molar refractivity (Wildman–Crippen MR) is 57.8 cm³/mol. The van der Waals surface area contributed by atoms with E-state index in [4.69, 9.17) is 4.74 Å². The molecule has 1 saturated heterocycles. The second-order valence-corrected chi connectivity index (χ2v) is 4.29. The van der Waals surface area contributed by atoms with Crippen LogP contribution >= 0.6 is 0 Å². The summed E-state index contributed by atoms with van der Waals surface area (Å²) in [4.78, 5) is 11.1. The van der Waals surface area contributed by atoms with Gasteiger partial charge >= 0.3 is 6.09 Å². The molecule has 0 spiro atoms. The van der Waals surface area contributed by atoms with E-state index < -0.39 is 5.60 Å². The lowest BCUT2D eigenvalue weighted by molar-refractivity contribution is 0.0699. The Labute approximate surface area is 89.4 Å². The summed E-state index contributed by atoms with van der Waals surface area (Å²) in [5, 5.41) is 2.69. The monoisotopic (exact) mass is 205 g/mol. The Morgan fingerprint density at radius 1 is 1.40 bits per heavy atom. The van der Waals surface area contributed by atoms with Gasteiger partial charge in [0.1, 0.15) is 0 Å². The van der Waals surface area contributed by atoms with Gasteiger partial charge in [0.2, 0.25) is 0 Å². The fourth-order valence-corrected chi connectivity index (χ4v) is 1.97. The average Bonchev–Trinajstić information content (AvgIpc) is 2.52. The highest BCUT2D eigenvalue weighted by Gasteiger charge is 2.38. The zero-order valence-corrected chi connectivity index (χ0v) is 9.26. The van der Waals surface area contributed by atoms with Crippen LogP contribution in [0, 0.1) is 13.8 Å². The summed E-state index contributed by atoms with van der Waals surface area (Å²) >= 11 is 0. The highest BCUT2D eigenvalue weighted by molar-refractivity contribution is 5.70. The number of hydrogen-bond donors (Lipinski definition) is 1. The molecule has 80 valence electrons. The molecule has 1 unspecified atom stereocenters. The van der Waals surface area contributed by atoms with Gasteiger partial charge in [-0.25, -0.2) is 4.79 Å². The van der Waals surface area contributed by atoms with E-state index in [1.807, 2.05) is 20.8 Å². The number of cyclic esters (lactones) is 1. The van der Waals surface area contributed by atoms with Gasteiger partial charge in [-0.05, 0) is 26.3 Å². The molecular weight excluding hydrogens is 190 g/mol. The molecule has 1 N–H and O–H groups in total. The van der Waals surface area contributed by atoms with Gasteiger partial charge in [-0.1, -0.05) is 23.8 Å². The number of alkyl carbamates (subject to hydrolysis) is 1. The second-order valence-electron chi connectivity index (χ2n) is 4.29. The highest BCUT2D eigenvalue weighted by atomic mass is 16.6. The van der Waals surface area contributed by atoms with Gasteiger partial charge in [0, 0.05) is 5.56 Å². The van der Waals surface area contributed by atoms with Crippen LogP contribution in [0.25, 0.3) is 0 Å². The maximum absolute atomic E-state index is 11.1. The van der Waals surface area contributed by atoms with Crippen LogP contribution in [0.15, 0.2) is 18.2 Å². The van der Waals surface area contributed by atoms with Crippen LogP contribution in [0.2, 0.25) is 0 Å². The molecule has 0 aromatic heterocycles. The fourth-order valence-electron chi connectivity index (χ4n) is 1.97. The summed E-state index contributed by atoms with van der Waals surface area (Å²) in [6.07, 6.45) is -0.335. The van der Waals surface area contributed by atoms with Crippen molar-refractivity contribution in [2.24, 2.45) is 0 Å². The van der Waals surface area contributed by atoms with E-state index in [1.165, 1.54) is 5.56 Å². The number of benzene rings is 1. The van der Waals surface area contributed by atoms with E-state index in [0.717, 1.165) is 11.1 Å². The first kappa shape index (κ1) is 10.0. The molecule has 3 heteroatoms.